The van der Waals surface area contributed by atoms with Gasteiger partial charge in [-0.3, -0.25) is 4.79 Å². The zero-order valence-electron chi connectivity index (χ0n) is 17.4. The predicted octanol–water partition coefficient (Wildman–Crippen LogP) is 4.86. The zero-order chi connectivity index (χ0) is 22.1. The van der Waals surface area contributed by atoms with Crippen molar-refractivity contribution in [2.45, 2.75) is 20.0 Å². The Labute approximate surface area is 188 Å². The van der Waals surface area contributed by atoms with Gasteiger partial charge < -0.3 is 24.7 Å². The zero-order valence-corrected chi connectivity index (χ0v) is 18.2. The largest absolute Gasteiger partial charge is 0.454 e. The lowest BCUT2D eigenvalue weighted by Crippen LogP contribution is -2.35. The van der Waals surface area contributed by atoms with Gasteiger partial charge >= 0.3 is 6.03 Å². The SMILES string of the molecule is Cc1ccc(NC(=O)N(Cc2cccs2)Cc2cc3cc4c(cc3[nH]c2=O)OCO4)cc1. The van der Waals surface area contributed by atoms with E-state index in [0.29, 0.717) is 34.8 Å². The average Bonchev–Trinajstić information content (AvgIpc) is 3.45. The molecule has 4 aromatic rings. The summed E-state index contributed by atoms with van der Waals surface area (Å²) in [4.78, 5) is 31.5. The summed E-state index contributed by atoms with van der Waals surface area (Å²) in [6.45, 7) is 2.72. The van der Waals surface area contributed by atoms with E-state index in [4.69, 9.17) is 9.47 Å². The molecule has 2 aromatic heterocycles. The molecule has 1 aliphatic rings. The van der Waals surface area contributed by atoms with Crippen LogP contribution in [0.15, 0.2) is 64.8 Å². The Morgan fingerprint density at radius 3 is 2.62 bits per heavy atom. The van der Waals surface area contributed by atoms with Crippen LogP contribution in [0.3, 0.4) is 0 Å². The van der Waals surface area contributed by atoms with Crippen LogP contribution in [0.1, 0.15) is 16.0 Å². The number of aryl methyl sites for hydroxylation is 1. The number of aromatic amines is 1. The van der Waals surface area contributed by atoms with E-state index in [-0.39, 0.29) is 24.9 Å². The number of pyridine rings is 1. The smallest absolute Gasteiger partial charge is 0.322 e. The van der Waals surface area contributed by atoms with Crippen molar-refractivity contribution in [2.75, 3.05) is 12.1 Å². The van der Waals surface area contributed by atoms with Crippen molar-refractivity contribution in [3.63, 3.8) is 0 Å². The number of urea groups is 1. The van der Waals surface area contributed by atoms with Crippen LogP contribution >= 0.6 is 11.3 Å². The fourth-order valence-electron chi connectivity index (χ4n) is 3.59. The first kappa shape index (κ1) is 20.1. The first-order valence-corrected chi connectivity index (χ1v) is 11.0. The quantitative estimate of drug-likeness (QED) is 0.458. The van der Waals surface area contributed by atoms with Gasteiger partial charge in [0.05, 0.1) is 18.6 Å². The topological polar surface area (TPSA) is 83.7 Å². The number of aromatic nitrogens is 1. The molecule has 7 nitrogen and oxygen atoms in total. The Bertz CT molecular complexity index is 1330. The Kier molecular flexibility index (Phi) is 5.28. The molecular weight excluding hydrogens is 426 g/mol. The second-order valence-electron chi connectivity index (χ2n) is 7.65. The number of carbonyl (C=O) groups excluding carboxylic acids is 1. The molecule has 2 N–H and O–H groups in total. The van der Waals surface area contributed by atoms with Crippen molar-refractivity contribution in [3.8, 4) is 11.5 Å². The van der Waals surface area contributed by atoms with Crippen molar-refractivity contribution in [3.05, 3.63) is 86.3 Å². The number of hydrogen-bond acceptors (Lipinski definition) is 5. The number of rotatable bonds is 5. The summed E-state index contributed by atoms with van der Waals surface area (Å²) in [6.07, 6.45) is 0. The van der Waals surface area contributed by atoms with Gasteiger partial charge in [-0.15, -0.1) is 11.3 Å². The highest BCUT2D eigenvalue weighted by Crippen LogP contribution is 2.35. The predicted molar refractivity (Wildman–Crippen MR) is 124 cm³/mol. The van der Waals surface area contributed by atoms with Gasteiger partial charge in [-0.1, -0.05) is 23.8 Å². The molecule has 0 bridgehead atoms. The Hall–Kier alpha value is -3.78. The molecule has 0 aliphatic carbocycles. The summed E-state index contributed by atoms with van der Waals surface area (Å²) in [5.41, 5.74) is 2.73. The van der Waals surface area contributed by atoms with Crippen molar-refractivity contribution in [1.82, 2.24) is 9.88 Å². The number of amides is 2. The number of H-pyrrole nitrogens is 1. The second kappa shape index (κ2) is 8.39. The number of carbonyl (C=O) groups is 1. The summed E-state index contributed by atoms with van der Waals surface area (Å²) in [5.74, 6) is 1.25. The van der Waals surface area contributed by atoms with Crippen LogP contribution < -0.4 is 20.3 Å². The average molecular weight is 448 g/mol. The summed E-state index contributed by atoms with van der Waals surface area (Å²) in [7, 11) is 0. The molecule has 0 fully saturated rings. The third-order valence-corrected chi connectivity index (χ3v) is 6.15. The molecule has 2 amide bonds. The molecule has 32 heavy (non-hydrogen) atoms. The molecule has 2 aromatic carbocycles. The molecule has 0 saturated heterocycles. The summed E-state index contributed by atoms with van der Waals surface area (Å²) < 4.78 is 10.8. The van der Waals surface area contributed by atoms with Crippen LogP contribution in [-0.4, -0.2) is 22.7 Å². The fourth-order valence-corrected chi connectivity index (χ4v) is 4.31. The van der Waals surface area contributed by atoms with Gasteiger partial charge in [-0.05, 0) is 42.6 Å². The number of benzene rings is 2. The highest BCUT2D eigenvalue weighted by Gasteiger charge is 2.19. The van der Waals surface area contributed by atoms with Gasteiger partial charge in [-0.2, -0.15) is 0 Å². The molecule has 5 rings (SSSR count). The number of hydrogen-bond donors (Lipinski definition) is 2. The molecule has 162 valence electrons. The maximum atomic E-state index is 13.1. The van der Waals surface area contributed by atoms with Crippen molar-refractivity contribution >= 4 is 34.0 Å². The first-order chi connectivity index (χ1) is 15.5. The van der Waals surface area contributed by atoms with E-state index in [1.165, 1.54) is 0 Å². The number of thiophene rings is 1. The summed E-state index contributed by atoms with van der Waals surface area (Å²) in [6, 6.07) is 16.7. The summed E-state index contributed by atoms with van der Waals surface area (Å²) >= 11 is 1.57. The maximum absolute atomic E-state index is 13.1. The van der Waals surface area contributed by atoms with Gasteiger partial charge in [0, 0.05) is 27.6 Å². The van der Waals surface area contributed by atoms with E-state index in [9.17, 15) is 9.59 Å². The van der Waals surface area contributed by atoms with Crippen LogP contribution in [-0.2, 0) is 13.1 Å². The molecular formula is C24H21N3O4S. The van der Waals surface area contributed by atoms with Crippen molar-refractivity contribution in [2.24, 2.45) is 0 Å². The first-order valence-electron chi connectivity index (χ1n) is 10.2. The van der Waals surface area contributed by atoms with Gasteiger partial charge in [-0.25, -0.2) is 4.79 Å². The van der Waals surface area contributed by atoms with Gasteiger partial charge in [0.25, 0.3) is 5.56 Å². The van der Waals surface area contributed by atoms with Gasteiger partial charge in [0.2, 0.25) is 6.79 Å². The Morgan fingerprint density at radius 1 is 1.09 bits per heavy atom. The van der Waals surface area contributed by atoms with Crippen LogP contribution in [0.2, 0.25) is 0 Å². The minimum atomic E-state index is -0.271. The fraction of sp³-hybridized carbons (Fsp3) is 0.167. The van der Waals surface area contributed by atoms with Crippen molar-refractivity contribution < 1.29 is 14.3 Å². The number of ether oxygens (including phenoxy) is 2. The monoisotopic (exact) mass is 447 g/mol. The molecule has 0 spiro atoms. The lowest BCUT2D eigenvalue weighted by molar-refractivity contribution is 0.174. The molecule has 0 atom stereocenters. The third kappa shape index (κ3) is 4.17. The lowest BCUT2D eigenvalue weighted by Gasteiger charge is -2.22. The Morgan fingerprint density at radius 2 is 1.88 bits per heavy atom. The normalized spacial score (nSPS) is 12.2. The van der Waals surface area contributed by atoms with E-state index < -0.39 is 0 Å². The molecule has 1 aliphatic heterocycles. The van der Waals surface area contributed by atoms with Gasteiger partial charge in [0.15, 0.2) is 11.5 Å². The molecule has 0 unspecified atom stereocenters. The van der Waals surface area contributed by atoms with Crippen LogP contribution in [0.4, 0.5) is 10.5 Å². The number of fused-ring (bicyclic) bond motifs is 2. The van der Waals surface area contributed by atoms with Crippen molar-refractivity contribution in [1.29, 1.82) is 0 Å². The van der Waals surface area contributed by atoms with Gasteiger partial charge in [0.1, 0.15) is 0 Å². The molecule has 0 radical (unpaired) electrons. The maximum Gasteiger partial charge on any atom is 0.322 e. The number of nitrogens with one attached hydrogen (secondary N) is 2. The Balaban J connectivity index is 1.44. The number of anilines is 1. The van der Waals surface area contributed by atoms with Crippen LogP contribution in [0.5, 0.6) is 11.5 Å². The number of nitrogens with zero attached hydrogens (tertiary/aromatic N) is 1. The minimum Gasteiger partial charge on any atom is -0.454 e. The molecule has 8 heteroatoms. The molecule has 0 saturated carbocycles. The third-order valence-electron chi connectivity index (χ3n) is 5.29. The minimum absolute atomic E-state index is 0.162. The lowest BCUT2D eigenvalue weighted by atomic mass is 10.1. The summed E-state index contributed by atoms with van der Waals surface area (Å²) in [5, 5.41) is 5.72. The van der Waals surface area contributed by atoms with E-state index in [2.05, 4.69) is 10.3 Å². The standard InChI is InChI=1S/C24H21N3O4S/c1-15-4-6-18(7-5-15)25-24(29)27(13-19-3-2-8-32-19)12-17-9-16-10-21-22(31-14-30-21)11-20(16)26-23(17)28/h2-11H,12-14H2,1H3,(H,25,29)(H,26,28). The van der Waals surface area contributed by atoms with E-state index >= 15 is 0 Å². The highest BCUT2D eigenvalue weighted by molar-refractivity contribution is 7.09. The highest BCUT2D eigenvalue weighted by atomic mass is 32.1. The van der Waals surface area contributed by atoms with Crippen LogP contribution in [0, 0.1) is 6.92 Å². The van der Waals surface area contributed by atoms with E-state index in [0.717, 1.165) is 15.8 Å². The van der Waals surface area contributed by atoms with E-state index in [1.54, 1.807) is 28.4 Å². The van der Waals surface area contributed by atoms with Crippen LogP contribution in [0.25, 0.3) is 10.9 Å². The second-order valence-corrected chi connectivity index (χ2v) is 8.68. The van der Waals surface area contributed by atoms with E-state index in [1.807, 2.05) is 54.8 Å². The molecule has 3 heterocycles.